The van der Waals surface area contributed by atoms with Gasteiger partial charge in [0.1, 0.15) is 0 Å². The topological polar surface area (TPSA) is 54.2 Å². The summed E-state index contributed by atoms with van der Waals surface area (Å²) in [6.45, 7) is 5.42. The molecule has 2 aromatic rings. The molecule has 6 heteroatoms. The molecule has 3 heterocycles. The van der Waals surface area contributed by atoms with Crippen molar-refractivity contribution in [1.82, 2.24) is 20.4 Å². The molecule has 4 rings (SSSR count). The number of piperidine rings is 1. The summed E-state index contributed by atoms with van der Waals surface area (Å²) in [6, 6.07) is 10.3. The quantitative estimate of drug-likeness (QED) is 0.928. The van der Waals surface area contributed by atoms with Gasteiger partial charge in [-0.3, -0.25) is 4.90 Å². The van der Waals surface area contributed by atoms with Crippen molar-refractivity contribution < 1.29 is 4.52 Å². The van der Waals surface area contributed by atoms with E-state index in [2.05, 4.69) is 32.5 Å². The number of likely N-dealkylation sites (tertiary alicyclic amines) is 1. The van der Waals surface area contributed by atoms with Crippen molar-refractivity contribution in [3.63, 3.8) is 0 Å². The number of fused-ring (bicyclic) bond motifs is 1. The minimum absolute atomic E-state index is 0. The number of benzene rings is 1. The van der Waals surface area contributed by atoms with Gasteiger partial charge in [-0.15, -0.1) is 12.4 Å². The first kappa shape index (κ1) is 16.4. The molecule has 5 nitrogen and oxygen atoms in total. The highest BCUT2D eigenvalue weighted by Gasteiger charge is 2.33. The Kier molecular flexibility index (Phi) is 5.30. The molecular formula is C17H23ClN4O. The zero-order chi connectivity index (χ0) is 14.8. The van der Waals surface area contributed by atoms with Crippen molar-refractivity contribution in [2.75, 3.05) is 26.2 Å². The Balaban J connectivity index is 0.00000156. The van der Waals surface area contributed by atoms with E-state index in [-0.39, 0.29) is 12.4 Å². The molecule has 2 aliphatic rings. The van der Waals surface area contributed by atoms with Gasteiger partial charge in [0.25, 0.3) is 0 Å². The minimum atomic E-state index is 0. The molecule has 2 aliphatic heterocycles. The largest absolute Gasteiger partial charge is 0.338 e. The lowest BCUT2D eigenvalue weighted by Crippen LogP contribution is -2.39. The number of aromatic nitrogens is 2. The molecule has 23 heavy (non-hydrogen) atoms. The molecule has 1 aromatic carbocycles. The van der Waals surface area contributed by atoms with Crippen LogP contribution >= 0.6 is 12.4 Å². The molecule has 0 amide bonds. The second kappa shape index (κ2) is 7.43. The van der Waals surface area contributed by atoms with Gasteiger partial charge in [-0.1, -0.05) is 35.5 Å². The van der Waals surface area contributed by atoms with Crippen molar-refractivity contribution in [3.05, 3.63) is 47.6 Å². The average molecular weight is 335 g/mol. The maximum atomic E-state index is 5.43. The molecule has 0 saturated carbocycles. The standard InChI is InChI=1S/C17H22N4O.ClH/c1-2-4-13(5-3-1)8-16-19-17(22-20-16)12-21-7-6-14-9-18-10-15(14)11-21;/h1-5,14-15,18H,6-12H2;1H. The van der Waals surface area contributed by atoms with Gasteiger partial charge >= 0.3 is 0 Å². The van der Waals surface area contributed by atoms with Gasteiger partial charge in [0.05, 0.1) is 6.54 Å². The van der Waals surface area contributed by atoms with Crippen molar-refractivity contribution in [2.45, 2.75) is 19.4 Å². The van der Waals surface area contributed by atoms with E-state index in [1.54, 1.807) is 0 Å². The smallest absolute Gasteiger partial charge is 0.240 e. The average Bonchev–Trinajstić information content (AvgIpc) is 3.17. The van der Waals surface area contributed by atoms with E-state index >= 15 is 0 Å². The molecular weight excluding hydrogens is 312 g/mol. The number of halogens is 1. The molecule has 124 valence electrons. The maximum Gasteiger partial charge on any atom is 0.240 e. The van der Waals surface area contributed by atoms with Crippen LogP contribution in [0.2, 0.25) is 0 Å². The number of hydrogen-bond acceptors (Lipinski definition) is 5. The van der Waals surface area contributed by atoms with Crippen LogP contribution in [-0.2, 0) is 13.0 Å². The predicted octanol–water partition coefficient (Wildman–Crippen LogP) is 2.12. The van der Waals surface area contributed by atoms with Crippen molar-refractivity contribution in [2.24, 2.45) is 11.8 Å². The minimum Gasteiger partial charge on any atom is -0.338 e. The first-order chi connectivity index (χ1) is 10.9. The first-order valence-electron chi connectivity index (χ1n) is 8.15. The van der Waals surface area contributed by atoms with Crippen LogP contribution in [0.25, 0.3) is 0 Å². The van der Waals surface area contributed by atoms with Gasteiger partial charge in [0.15, 0.2) is 5.82 Å². The van der Waals surface area contributed by atoms with Crippen LogP contribution < -0.4 is 5.32 Å². The second-order valence-corrected chi connectivity index (χ2v) is 6.47. The van der Waals surface area contributed by atoms with Gasteiger partial charge in [-0.25, -0.2) is 0 Å². The van der Waals surface area contributed by atoms with Crippen LogP contribution in [0.3, 0.4) is 0 Å². The van der Waals surface area contributed by atoms with E-state index < -0.39 is 0 Å². The summed E-state index contributed by atoms with van der Waals surface area (Å²) in [4.78, 5) is 7.00. The molecule has 0 bridgehead atoms. The Bertz CT molecular complexity index is 618. The van der Waals surface area contributed by atoms with Crippen molar-refractivity contribution in [3.8, 4) is 0 Å². The van der Waals surface area contributed by atoms with Crippen molar-refractivity contribution >= 4 is 12.4 Å². The number of rotatable bonds is 4. The van der Waals surface area contributed by atoms with Crippen LogP contribution in [0.15, 0.2) is 34.9 Å². The number of nitrogens with zero attached hydrogens (tertiary/aromatic N) is 3. The fraction of sp³-hybridized carbons (Fsp3) is 0.529. The highest BCUT2D eigenvalue weighted by atomic mass is 35.5. The molecule has 0 aliphatic carbocycles. The third-order valence-corrected chi connectivity index (χ3v) is 4.86. The summed E-state index contributed by atoms with van der Waals surface area (Å²) in [5.41, 5.74) is 1.22. The molecule has 2 atom stereocenters. The van der Waals surface area contributed by atoms with Gasteiger partial charge < -0.3 is 9.84 Å². The number of hydrogen-bond donors (Lipinski definition) is 1. The molecule has 2 saturated heterocycles. The normalized spacial score (nSPS) is 24.2. The highest BCUT2D eigenvalue weighted by Crippen LogP contribution is 2.27. The Morgan fingerprint density at radius 3 is 2.87 bits per heavy atom. The fourth-order valence-electron chi connectivity index (χ4n) is 3.65. The lowest BCUT2D eigenvalue weighted by molar-refractivity contribution is 0.128. The summed E-state index contributed by atoms with van der Waals surface area (Å²) in [5.74, 6) is 3.18. The van der Waals surface area contributed by atoms with E-state index in [1.165, 1.54) is 18.5 Å². The summed E-state index contributed by atoms with van der Waals surface area (Å²) in [7, 11) is 0. The van der Waals surface area contributed by atoms with Crippen LogP contribution in [-0.4, -0.2) is 41.2 Å². The molecule has 1 N–H and O–H groups in total. The maximum absolute atomic E-state index is 5.43. The van der Waals surface area contributed by atoms with E-state index in [1.807, 2.05) is 18.2 Å². The van der Waals surface area contributed by atoms with Crippen LogP contribution in [0, 0.1) is 11.8 Å². The van der Waals surface area contributed by atoms with E-state index in [0.717, 1.165) is 56.2 Å². The lowest BCUT2D eigenvalue weighted by Gasteiger charge is -2.33. The number of nitrogens with one attached hydrogen (secondary N) is 1. The summed E-state index contributed by atoms with van der Waals surface area (Å²) in [5, 5.41) is 7.62. The monoisotopic (exact) mass is 334 g/mol. The fourth-order valence-corrected chi connectivity index (χ4v) is 3.65. The first-order valence-corrected chi connectivity index (χ1v) is 8.15. The van der Waals surface area contributed by atoms with Gasteiger partial charge in [-0.2, -0.15) is 4.98 Å². The summed E-state index contributed by atoms with van der Waals surface area (Å²) >= 11 is 0. The molecule has 1 aromatic heterocycles. The van der Waals surface area contributed by atoms with E-state index in [4.69, 9.17) is 4.52 Å². The summed E-state index contributed by atoms with van der Waals surface area (Å²) < 4.78 is 5.43. The molecule has 0 radical (unpaired) electrons. The van der Waals surface area contributed by atoms with Crippen molar-refractivity contribution in [1.29, 1.82) is 0 Å². The van der Waals surface area contributed by atoms with Crippen LogP contribution in [0.4, 0.5) is 0 Å². The molecule has 0 spiro atoms. The Morgan fingerprint density at radius 1 is 1.17 bits per heavy atom. The lowest BCUT2D eigenvalue weighted by atomic mass is 9.89. The predicted molar refractivity (Wildman–Crippen MR) is 90.5 cm³/mol. The third-order valence-electron chi connectivity index (χ3n) is 4.86. The molecule has 2 fully saturated rings. The van der Waals surface area contributed by atoms with E-state index in [0.29, 0.717) is 0 Å². The van der Waals surface area contributed by atoms with Gasteiger partial charge in [0, 0.05) is 13.0 Å². The molecule has 2 unspecified atom stereocenters. The van der Waals surface area contributed by atoms with Crippen LogP contribution in [0.5, 0.6) is 0 Å². The SMILES string of the molecule is Cl.c1ccc(Cc2noc(CN3CCC4CNCC4C3)n2)cc1. The Labute approximate surface area is 142 Å². The highest BCUT2D eigenvalue weighted by molar-refractivity contribution is 5.85. The third kappa shape index (κ3) is 3.91. The Morgan fingerprint density at radius 2 is 2.00 bits per heavy atom. The van der Waals surface area contributed by atoms with Crippen LogP contribution in [0.1, 0.15) is 23.7 Å². The van der Waals surface area contributed by atoms with Gasteiger partial charge in [-0.05, 0) is 43.5 Å². The summed E-state index contributed by atoms with van der Waals surface area (Å²) in [6.07, 6.45) is 2.02. The second-order valence-electron chi connectivity index (χ2n) is 6.47. The van der Waals surface area contributed by atoms with E-state index in [9.17, 15) is 0 Å². The zero-order valence-corrected chi connectivity index (χ0v) is 14.0. The van der Waals surface area contributed by atoms with Gasteiger partial charge in [0.2, 0.25) is 5.89 Å². The Hall–Kier alpha value is -1.43. The zero-order valence-electron chi connectivity index (χ0n) is 13.1.